The van der Waals surface area contributed by atoms with Crippen LogP contribution in [0.3, 0.4) is 0 Å². The highest BCUT2D eigenvalue weighted by atomic mass is 15.1. The van der Waals surface area contributed by atoms with Crippen molar-refractivity contribution in [1.82, 2.24) is 9.55 Å². The van der Waals surface area contributed by atoms with Crippen LogP contribution in [0.1, 0.15) is 23.7 Å². The van der Waals surface area contributed by atoms with Gasteiger partial charge in [-0.2, -0.15) is 10.5 Å². The summed E-state index contributed by atoms with van der Waals surface area (Å²) in [6, 6.07) is 9.15. The average Bonchev–Trinajstić information content (AvgIpc) is 2.92. The molecule has 0 unspecified atom stereocenters. The predicted molar refractivity (Wildman–Crippen MR) is 71.1 cm³/mol. The van der Waals surface area contributed by atoms with Gasteiger partial charge >= 0.3 is 0 Å². The van der Waals surface area contributed by atoms with Gasteiger partial charge in [0, 0.05) is 18.4 Å². The van der Waals surface area contributed by atoms with Gasteiger partial charge in [0.25, 0.3) is 0 Å². The molecule has 0 saturated carbocycles. The van der Waals surface area contributed by atoms with E-state index in [1.54, 1.807) is 24.5 Å². The van der Waals surface area contributed by atoms with E-state index in [9.17, 15) is 0 Å². The largest absolute Gasteiger partial charge is 0.379 e. The topological polar surface area (TPSA) is 77.4 Å². The van der Waals surface area contributed by atoms with Gasteiger partial charge in [-0.3, -0.25) is 0 Å². The summed E-state index contributed by atoms with van der Waals surface area (Å²) in [4.78, 5) is 4.09. The summed E-state index contributed by atoms with van der Waals surface area (Å²) in [5, 5.41) is 21.0. The zero-order valence-electron chi connectivity index (χ0n) is 10.6. The second-order valence-electron chi connectivity index (χ2n) is 4.01. The monoisotopic (exact) mass is 251 g/mol. The van der Waals surface area contributed by atoms with Crippen molar-refractivity contribution in [1.29, 1.82) is 10.5 Å². The van der Waals surface area contributed by atoms with Crippen LogP contribution in [0, 0.1) is 22.7 Å². The first-order valence-electron chi connectivity index (χ1n) is 5.95. The molecule has 2 rings (SSSR count). The Kier molecular flexibility index (Phi) is 3.80. The van der Waals surface area contributed by atoms with E-state index in [0.29, 0.717) is 17.7 Å². The highest BCUT2D eigenvalue weighted by Crippen LogP contribution is 2.15. The summed E-state index contributed by atoms with van der Waals surface area (Å²) in [6.45, 7) is 3.55. The minimum Gasteiger partial charge on any atom is -0.379 e. The van der Waals surface area contributed by atoms with E-state index in [1.807, 2.05) is 22.9 Å². The molecule has 1 heterocycles. The first kappa shape index (κ1) is 12.7. The fraction of sp³-hybridized carbons (Fsp3) is 0.214. The molecular weight excluding hydrogens is 238 g/mol. The standard InChI is InChI=1S/C14H13N5/c1-2-19-10-17-8-14(19)9-18-13-4-3-11(6-15)12(5-13)7-16/h3-5,8,10,18H,2,9H2,1H3. The third-order valence-electron chi connectivity index (χ3n) is 2.87. The Morgan fingerprint density at radius 1 is 1.26 bits per heavy atom. The summed E-state index contributed by atoms with van der Waals surface area (Å²) in [6.07, 6.45) is 3.60. The maximum absolute atomic E-state index is 8.97. The molecule has 2 aromatic rings. The van der Waals surface area contributed by atoms with E-state index in [2.05, 4.69) is 17.2 Å². The molecule has 1 aromatic heterocycles. The molecule has 0 amide bonds. The van der Waals surface area contributed by atoms with Crippen molar-refractivity contribution < 1.29 is 0 Å². The van der Waals surface area contributed by atoms with E-state index in [0.717, 1.165) is 17.9 Å². The molecule has 19 heavy (non-hydrogen) atoms. The Morgan fingerprint density at radius 2 is 2.05 bits per heavy atom. The molecule has 0 aliphatic rings. The molecule has 0 aliphatic heterocycles. The van der Waals surface area contributed by atoms with Gasteiger partial charge in [-0.1, -0.05) is 0 Å². The van der Waals surface area contributed by atoms with Gasteiger partial charge in [0.15, 0.2) is 0 Å². The van der Waals surface area contributed by atoms with E-state index in [1.165, 1.54) is 0 Å². The van der Waals surface area contributed by atoms with Gasteiger partial charge in [0.2, 0.25) is 0 Å². The minimum absolute atomic E-state index is 0.386. The van der Waals surface area contributed by atoms with Crippen LogP contribution in [0.15, 0.2) is 30.7 Å². The van der Waals surface area contributed by atoms with Crippen LogP contribution < -0.4 is 5.32 Å². The van der Waals surface area contributed by atoms with E-state index in [4.69, 9.17) is 10.5 Å². The number of aromatic nitrogens is 2. The number of aryl methyl sites for hydroxylation is 1. The van der Waals surface area contributed by atoms with Crippen LogP contribution in [0.5, 0.6) is 0 Å². The highest BCUT2D eigenvalue weighted by molar-refractivity contribution is 5.56. The zero-order chi connectivity index (χ0) is 13.7. The Morgan fingerprint density at radius 3 is 2.74 bits per heavy atom. The lowest BCUT2D eigenvalue weighted by Crippen LogP contribution is -2.06. The van der Waals surface area contributed by atoms with E-state index < -0.39 is 0 Å². The molecule has 94 valence electrons. The molecule has 0 spiro atoms. The van der Waals surface area contributed by atoms with Gasteiger partial charge < -0.3 is 9.88 Å². The molecule has 0 radical (unpaired) electrons. The third kappa shape index (κ3) is 2.72. The van der Waals surface area contributed by atoms with Crippen LogP contribution in [0.4, 0.5) is 5.69 Å². The molecule has 0 aliphatic carbocycles. The molecule has 1 aromatic carbocycles. The quantitative estimate of drug-likeness (QED) is 0.904. The zero-order valence-corrected chi connectivity index (χ0v) is 10.6. The summed E-state index contributed by atoms with van der Waals surface area (Å²) in [5.41, 5.74) is 2.67. The Labute approximate surface area is 111 Å². The first-order chi connectivity index (χ1) is 9.28. The lowest BCUT2D eigenvalue weighted by atomic mass is 10.1. The molecular formula is C14H13N5. The van der Waals surface area contributed by atoms with Gasteiger partial charge in [0.05, 0.1) is 29.7 Å². The third-order valence-corrected chi connectivity index (χ3v) is 2.87. The summed E-state index contributed by atoms with van der Waals surface area (Å²) in [5.74, 6) is 0. The molecule has 1 N–H and O–H groups in total. The molecule has 0 atom stereocenters. The van der Waals surface area contributed by atoms with Crippen molar-refractivity contribution in [3.05, 3.63) is 47.5 Å². The number of benzene rings is 1. The lowest BCUT2D eigenvalue weighted by molar-refractivity contribution is 0.719. The SMILES string of the molecule is CCn1cncc1CNc1ccc(C#N)c(C#N)c1. The number of nitriles is 2. The summed E-state index contributed by atoms with van der Waals surface area (Å²) >= 11 is 0. The number of hydrogen-bond donors (Lipinski definition) is 1. The Bertz CT molecular complexity index is 657. The number of rotatable bonds is 4. The maximum atomic E-state index is 8.97. The van der Waals surface area contributed by atoms with Crippen LogP contribution in [0.2, 0.25) is 0 Å². The molecule has 0 fully saturated rings. The second kappa shape index (κ2) is 5.70. The van der Waals surface area contributed by atoms with Gasteiger partial charge in [0.1, 0.15) is 12.1 Å². The lowest BCUT2D eigenvalue weighted by Gasteiger charge is -2.09. The van der Waals surface area contributed by atoms with Crippen molar-refractivity contribution >= 4 is 5.69 Å². The average molecular weight is 251 g/mol. The minimum atomic E-state index is 0.386. The van der Waals surface area contributed by atoms with Crippen molar-refractivity contribution in [2.45, 2.75) is 20.0 Å². The number of imidazole rings is 1. The fourth-order valence-electron chi connectivity index (χ4n) is 1.82. The van der Waals surface area contributed by atoms with Crippen molar-refractivity contribution in [2.75, 3.05) is 5.32 Å². The van der Waals surface area contributed by atoms with Crippen LogP contribution in [-0.2, 0) is 13.1 Å². The van der Waals surface area contributed by atoms with Crippen LogP contribution >= 0.6 is 0 Å². The fourth-order valence-corrected chi connectivity index (χ4v) is 1.82. The van der Waals surface area contributed by atoms with Gasteiger partial charge in [-0.05, 0) is 25.1 Å². The molecule has 5 nitrogen and oxygen atoms in total. The van der Waals surface area contributed by atoms with E-state index in [-0.39, 0.29) is 0 Å². The molecule has 5 heteroatoms. The maximum Gasteiger partial charge on any atom is 0.101 e. The Balaban J connectivity index is 2.13. The van der Waals surface area contributed by atoms with Crippen molar-refractivity contribution in [3.8, 4) is 12.1 Å². The number of hydrogen-bond acceptors (Lipinski definition) is 4. The van der Waals surface area contributed by atoms with Crippen molar-refractivity contribution in [3.63, 3.8) is 0 Å². The van der Waals surface area contributed by atoms with Gasteiger partial charge in [-0.25, -0.2) is 4.98 Å². The normalized spacial score (nSPS) is 9.63. The second-order valence-corrected chi connectivity index (χ2v) is 4.01. The van der Waals surface area contributed by atoms with Gasteiger partial charge in [-0.15, -0.1) is 0 Å². The predicted octanol–water partition coefficient (Wildman–Crippen LogP) is 2.26. The number of anilines is 1. The highest BCUT2D eigenvalue weighted by Gasteiger charge is 2.04. The number of nitrogens with one attached hydrogen (secondary N) is 1. The first-order valence-corrected chi connectivity index (χ1v) is 5.95. The summed E-state index contributed by atoms with van der Waals surface area (Å²) < 4.78 is 2.04. The number of nitrogens with zero attached hydrogens (tertiary/aromatic N) is 4. The van der Waals surface area contributed by atoms with Crippen LogP contribution in [0.25, 0.3) is 0 Å². The summed E-state index contributed by atoms with van der Waals surface area (Å²) in [7, 11) is 0. The Hall–Kier alpha value is -2.79. The van der Waals surface area contributed by atoms with E-state index >= 15 is 0 Å². The van der Waals surface area contributed by atoms with Crippen molar-refractivity contribution in [2.24, 2.45) is 0 Å². The molecule has 0 saturated heterocycles. The molecule has 0 bridgehead atoms. The smallest absolute Gasteiger partial charge is 0.101 e. The van der Waals surface area contributed by atoms with Crippen LogP contribution in [-0.4, -0.2) is 9.55 Å².